The Bertz CT molecular complexity index is 368. The number of aliphatic imine (C=N–C) groups is 1. The van der Waals surface area contributed by atoms with Crippen LogP contribution in [0, 0.1) is 0 Å². The summed E-state index contributed by atoms with van der Waals surface area (Å²) in [7, 11) is 1.70. The van der Waals surface area contributed by atoms with Gasteiger partial charge in [-0.2, -0.15) is 0 Å². The number of alkyl carbamates (subject to hydrolysis) is 1. The zero-order valence-electron chi connectivity index (χ0n) is 15.4. The van der Waals surface area contributed by atoms with Crippen LogP contribution in [-0.2, 0) is 9.47 Å². The lowest BCUT2D eigenvalue weighted by atomic mass is 10.1. The van der Waals surface area contributed by atoms with Crippen LogP contribution in [-0.4, -0.2) is 56.5 Å². The standard InChI is InChI=1S/C15H32N4O3.HI/c1-8-21-10-9-17-12(16-7)18-11-15(5,6)19-13(20)22-14(2,3)4;/h8-11H2,1-7H3,(H,19,20)(H2,16,17,18);1H. The fourth-order valence-corrected chi connectivity index (χ4v) is 1.54. The molecule has 8 heteroatoms. The molecule has 0 aromatic heterocycles. The van der Waals surface area contributed by atoms with Crippen molar-refractivity contribution in [2.75, 3.05) is 33.4 Å². The highest BCUT2D eigenvalue weighted by Gasteiger charge is 2.24. The number of nitrogens with one attached hydrogen (secondary N) is 3. The summed E-state index contributed by atoms with van der Waals surface area (Å²) in [5.41, 5.74) is -0.982. The van der Waals surface area contributed by atoms with Crippen molar-refractivity contribution in [3.8, 4) is 0 Å². The Kier molecular flexibility index (Phi) is 12.5. The van der Waals surface area contributed by atoms with Crippen LogP contribution < -0.4 is 16.0 Å². The van der Waals surface area contributed by atoms with Gasteiger partial charge in [0.05, 0.1) is 12.1 Å². The van der Waals surface area contributed by atoms with Gasteiger partial charge in [0, 0.05) is 26.7 Å². The summed E-state index contributed by atoms with van der Waals surface area (Å²) in [5.74, 6) is 0.666. The molecule has 1 amide bonds. The minimum atomic E-state index is -0.509. The average Bonchev–Trinajstić information content (AvgIpc) is 2.34. The van der Waals surface area contributed by atoms with Crippen molar-refractivity contribution in [1.29, 1.82) is 0 Å². The van der Waals surface area contributed by atoms with Gasteiger partial charge in [-0.25, -0.2) is 4.79 Å². The van der Waals surface area contributed by atoms with Crippen molar-refractivity contribution in [2.24, 2.45) is 4.99 Å². The zero-order chi connectivity index (χ0) is 17.2. The van der Waals surface area contributed by atoms with Crippen molar-refractivity contribution in [3.05, 3.63) is 0 Å². The van der Waals surface area contributed by atoms with Crippen molar-refractivity contribution in [3.63, 3.8) is 0 Å². The van der Waals surface area contributed by atoms with Crippen LogP contribution in [0.5, 0.6) is 0 Å². The highest BCUT2D eigenvalue weighted by molar-refractivity contribution is 14.0. The summed E-state index contributed by atoms with van der Waals surface area (Å²) in [6.07, 6.45) is -0.432. The van der Waals surface area contributed by atoms with Gasteiger partial charge < -0.3 is 25.4 Å². The van der Waals surface area contributed by atoms with Gasteiger partial charge >= 0.3 is 6.09 Å². The molecule has 3 N–H and O–H groups in total. The largest absolute Gasteiger partial charge is 0.444 e. The van der Waals surface area contributed by atoms with Gasteiger partial charge in [0.1, 0.15) is 5.60 Å². The Morgan fingerprint density at radius 3 is 2.22 bits per heavy atom. The van der Waals surface area contributed by atoms with Gasteiger partial charge in [-0.3, -0.25) is 4.99 Å². The first-order valence-corrected chi connectivity index (χ1v) is 7.63. The number of ether oxygens (including phenoxy) is 2. The van der Waals surface area contributed by atoms with Gasteiger partial charge in [-0.05, 0) is 41.5 Å². The lowest BCUT2D eigenvalue weighted by molar-refractivity contribution is 0.0474. The Morgan fingerprint density at radius 1 is 1.13 bits per heavy atom. The molecule has 23 heavy (non-hydrogen) atoms. The number of guanidine groups is 1. The maximum Gasteiger partial charge on any atom is 0.408 e. The molecule has 0 radical (unpaired) electrons. The molecule has 0 spiro atoms. The molecule has 0 heterocycles. The topological polar surface area (TPSA) is 84.0 Å². The number of amides is 1. The first-order chi connectivity index (χ1) is 10.1. The van der Waals surface area contributed by atoms with Crippen LogP contribution in [0.2, 0.25) is 0 Å². The monoisotopic (exact) mass is 444 g/mol. The van der Waals surface area contributed by atoms with Gasteiger partial charge in [-0.1, -0.05) is 0 Å². The second-order valence-corrected chi connectivity index (χ2v) is 6.56. The zero-order valence-corrected chi connectivity index (χ0v) is 17.7. The minimum Gasteiger partial charge on any atom is -0.444 e. The number of carbonyl (C=O) groups excluding carboxylic acids is 1. The van der Waals surface area contributed by atoms with E-state index in [0.717, 1.165) is 0 Å². The van der Waals surface area contributed by atoms with Gasteiger partial charge in [0.2, 0.25) is 0 Å². The first kappa shape index (κ1) is 24.5. The molecule has 7 nitrogen and oxygen atoms in total. The Morgan fingerprint density at radius 2 is 1.74 bits per heavy atom. The van der Waals surface area contributed by atoms with Crippen molar-refractivity contribution in [1.82, 2.24) is 16.0 Å². The van der Waals surface area contributed by atoms with Crippen LogP contribution >= 0.6 is 24.0 Å². The molecule has 0 aliphatic heterocycles. The number of halogens is 1. The van der Waals surface area contributed by atoms with Crippen molar-refractivity contribution < 1.29 is 14.3 Å². The summed E-state index contributed by atoms with van der Waals surface area (Å²) in [6, 6.07) is 0. The Hall–Kier alpha value is -0.770. The molecule has 0 atom stereocenters. The molecule has 0 bridgehead atoms. The number of hydrogen-bond acceptors (Lipinski definition) is 4. The normalized spacial score (nSPS) is 12.2. The van der Waals surface area contributed by atoms with E-state index < -0.39 is 17.2 Å². The van der Waals surface area contributed by atoms with E-state index in [-0.39, 0.29) is 24.0 Å². The van der Waals surface area contributed by atoms with Crippen molar-refractivity contribution in [2.45, 2.75) is 52.7 Å². The molecule has 0 saturated heterocycles. The summed E-state index contributed by atoms with van der Waals surface area (Å²) in [4.78, 5) is 15.9. The quantitative estimate of drug-likeness (QED) is 0.243. The predicted octanol–water partition coefficient (Wildman–Crippen LogP) is 2.11. The SMILES string of the molecule is CCOCCNC(=NC)NCC(C)(C)NC(=O)OC(C)(C)C.I. The number of rotatable bonds is 7. The maximum atomic E-state index is 11.8. The number of hydrogen-bond donors (Lipinski definition) is 3. The van der Waals surface area contributed by atoms with E-state index in [2.05, 4.69) is 20.9 Å². The first-order valence-electron chi connectivity index (χ1n) is 7.63. The van der Waals surface area contributed by atoms with Crippen LogP contribution in [0.4, 0.5) is 4.79 Å². The lowest BCUT2D eigenvalue weighted by Crippen LogP contribution is -2.54. The third-order valence-corrected chi connectivity index (χ3v) is 2.50. The fourth-order valence-electron chi connectivity index (χ4n) is 1.54. The van der Waals surface area contributed by atoms with E-state index >= 15 is 0 Å². The van der Waals surface area contributed by atoms with Gasteiger partial charge in [0.15, 0.2) is 5.96 Å². The summed E-state index contributed by atoms with van der Waals surface area (Å²) < 4.78 is 10.5. The van der Waals surface area contributed by atoms with Crippen molar-refractivity contribution >= 4 is 36.0 Å². The highest BCUT2D eigenvalue weighted by atomic mass is 127. The van der Waals surface area contributed by atoms with Crippen LogP contribution in [0.3, 0.4) is 0 Å². The summed E-state index contributed by atoms with van der Waals surface area (Å²) >= 11 is 0. The molecule has 0 aliphatic carbocycles. The third kappa shape index (κ3) is 14.5. The van der Waals surface area contributed by atoms with E-state index in [1.807, 2.05) is 41.5 Å². The van der Waals surface area contributed by atoms with E-state index in [9.17, 15) is 4.79 Å². The minimum absolute atomic E-state index is 0. The number of carbonyl (C=O) groups is 1. The average molecular weight is 444 g/mol. The third-order valence-electron chi connectivity index (χ3n) is 2.50. The predicted molar refractivity (Wildman–Crippen MR) is 105 cm³/mol. The maximum absolute atomic E-state index is 11.8. The molecule has 0 aromatic carbocycles. The second-order valence-electron chi connectivity index (χ2n) is 6.56. The molecular weight excluding hydrogens is 411 g/mol. The fraction of sp³-hybridized carbons (Fsp3) is 0.867. The lowest BCUT2D eigenvalue weighted by Gasteiger charge is -2.29. The molecule has 0 saturated carbocycles. The van der Waals surface area contributed by atoms with Gasteiger partial charge in [-0.15, -0.1) is 24.0 Å². The Labute approximate surface area is 157 Å². The highest BCUT2D eigenvalue weighted by Crippen LogP contribution is 2.08. The molecule has 138 valence electrons. The van der Waals surface area contributed by atoms with E-state index in [1.54, 1.807) is 7.05 Å². The van der Waals surface area contributed by atoms with E-state index in [4.69, 9.17) is 9.47 Å². The van der Waals surface area contributed by atoms with E-state index in [0.29, 0.717) is 32.3 Å². The smallest absolute Gasteiger partial charge is 0.408 e. The van der Waals surface area contributed by atoms with Crippen LogP contribution in [0.15, 0.2) is 4.99 Å². The summed E-state index contributed by atoms with van der Waals surface area (Å²) in [6.45, 7) is 13.8. The second kappa shape index (κ2) is 11.7. The molecule has 0 unspecified atom stereocenters. The van der Waals surface area contributed by atoms with Crippen LogP contribution in [0.25, 0.3) is 0 Å². The van der Waals surface area contributed by atoms with Gasteiger partial charge in [0.25, 0.3) is 0 Å². The Balaban J connectivity index is 0. The molecular formula is C15H33IN4O3. The van der Waals surface area contributed by atoms with E-state index in [1.165, 1.54) is 0 Å². The summed E-state index contributed by atoms with van der Waals surface area (Å²) in [5, 5.41) is 9.14. The van der Waals surface area contributed by atoms with Crippen LogP contribution in [0.1, 0.15) is 41.5 Å². The molecule has 0 aromatic rings. The number of nitrogens with zero attached hydrogens (tertiary/aromatic N) is 1. The molecule has 0 fully saturated rings. The molecule has 0 aliphatic rings. The molecule has 0 rings (SSSR count).